The first-order valence-corrected chi connectivity index (χ1v) is 7.99. The molecular formula is C17H20F3N3O. The zero-order valence-corrected chi connectivity index (χ0v) is 13.4. The zero-order valence-electron chi connectivity index (χ0n) is 13.4. The Hall–Kier alpha value is -1.86. The maximum absolute atomic E-state index is 13.2. The van der Waals surface area contributed by atoms with Crippen LogP contribution in [0.1, 0.15) is 29.7 Å². The van der Waals surface area contributed by atoms with E-state index in [0.29, 0.717) is 42.6 Å². The van der Waals surface area contributed by atoms with Gasteiger partial charge in [0.15, 0.2) is 0 Å². The highest BCUT2D eigenvalue weighted by Gasteiger charge is 2.37. The van der Waals surface area contributed by atoms with Crippen molar-refractivity contribution in [2.24, 2.45) is 0 Å². The molecule has 4 nitrogen and oxygen atoms in total. The van der Waals surface area contributed by atoms with Gasteiger partial charge in [0.25, 0.3) is 0 Å². The Morgan fingerprint density at radius 1 is 1.25 bits per heavy atom. The van der Waals surface area contributed by atoms with E-state index in [1.807, 2.05) is 4.90 Å². The van der Waals surface area contributed by atoms with Crippen LogP contribution < -0.4 is 5.32 Å². The Kier molecular flexibility index (Phi) is 4.64. The van der Waals surface area contributed by atoms with E-state index >= 15 is 0 Å². The molecule has 7 heteroatoms. The number of aromatic nitrogens is 1. The summed E-state index contributed by atoms with van der Waals surface area (Å²) in [6, 6.07) is 6.35. The van der Waals surface area contributed by atoms with Crippen LogP contribution >= 0.6 is 0 Å². The van der Waals surface area contributed by atoms with Crippen molar-refractivity contribution in [2.75, 3.05) is 26.2 Å². The fourth-order valence-electron chi connectivity index (χ4n) is 3.38. The topological polar surface area (TPSA) is 37.3 Å². The standard InChI is InChI=1S/C17H20F3N3O/c1-12(24)23-11-14(13-4-2-3-5-15(13)23)16(10-17(18,19)20)22-8-6-21-7-9-22/h2-5,11,16,21H,6-10H2,1H3/t16-/m1/s1. The van der Waals surface area contributed by atoms with Crippen LogP contribution in [0.2, 0.25) is 0 Å². The normalized spacial score (nSPS) is 18.0. The summed E-state index contributed by atoms with van der Waals surface area (Å²) < 4.78 is 41.0. The molecule has 1 aromatic heterocycles. The number of rotatable bonds is 3. The first-order chi connectivity index (χ1) is 11.4. The quantitative estimate of drug-likeness (QED) is 0.933. The van der Waals surface area contributed by atoms with Crippen molar-refractivity contribution >= 4 is 16.8 Å². The second kappa shape index (κ2) is 6.57. The van der Waals surface area contributed by atoms with Gasteiger partial charge in [-0.25, -0.2) is 0 Å². The summed E-state index contributed by atoms with van der Waals surface area (Å²) >= 11 is 0. The van der Waals surface area contributed by atoms with Gasteiger partial charge in [0, 0.05) is 50.7 Å². The number of hydrogen-bond donors (Lipinski definition) is 1. The third-order valence-electron chi connectivity index (χ3n) is 4.46. The van der Waals surface area contributed by atoms with E-state index in [1.165, 1.54) is 11.5 Å². The summed E-state index contributed by atoms with van der Waals surface area (Å²) in [6.07, 6.45) is -3.61. The average Bonchev–Trinajstić information content (AvgIpc) is 2.92. The van der Waals surface area contributed by atoms with Gasteiger partial charge in [0.05, 0.1) is 11.9 Å². The largest absolute Gasteiger partial charge is 0.390 e. The molecule has 1 fully saturated rings. The van der Waals surface area contributed by atoms with E-state index in [4.69, 9.17) is 0 Å². The molecule has 130 valence electrons. The number of carbonyl (C=O) groups is 1. The van der Waals surface area contributed by atoms with E-state index in [9.17, 15) is 18.0 Å². The number of alkyl halides is 3. The Labute approximate surface area is 138 Å². The van der Waals surface area contributed by atoms with Crippen molar-refractivity contribution < 1.29 is 18.0 Å². The Balaban J connectivity index is 2.09. The van der Waals surface area contributed by atoms with Gasteiger partial charge < -0.3 is 5.32 Å². The number of hydrogen-bond acceptors (Lipinski definition) is 3. The van der Waals surface area contributed by atoms with Crippen LogP contribution in [0.4, 0.5) is 13.2 Å². The summed E-state index contributed by atoms with van der Waals surface area (Å²) in [5, 5.41) is 3.87. The molecule has 2 aromatic rings. The van der Waals surface area contributed by atoms with Crippen LogP contribution in [0.3, 0.4) is 0 Å². The predicted octanol–water partition coefficient (Wildman–Crippen LogP) is 3.20. The molecule has 24 heavy (non-hydrogen) atoms. The molecule has 0 spiro atoms. The second-order valence-corrected chi connectivity index (χ2v) is 6.11. The molecule has 0 bridgehead atoms. The maximum atomic E-state index is 13.2. The van der Waals surface area contributed by atoms with Gasteiger partial charge in [-0.15, -0.1) is 0 Å². The molecule has 1 aromatic carbocycles. The summed E-state index contributed by atoms with van der Waals surface area (Å²) in [6.45, 7) is 3.86. The molecule has 1 atom stereocenters. The van der Waals surface area contributed by atoms with Gasteiger partial charge in [-0.1, -0.05) is 18.2 Å². The summed E-state index contributed by atoms with van der Waals surface area (Å²) in [7, 11) is 0. The highest BCUT2D eigenvalue weighted by Crippen LogP contribution is 2.38. The molecule has 0 saturated carbocycles. The maximum Gasteiger partial charge on any atom is 0.390 e. The van der Waals surface area contributed by atoms with E-state index in [1.54, 1.807) is 30.5 Å². The van der Waals surface area contributed by atoms with Crippen LogP contribution in [-0.4, -0.2) is 47.7 Å². The minimum atomic E-state index is -4.27. The fraction of sp³-hybridized carbons (Fsp3) is 0.471. The zero-order chi connectivity index (χ0) is 17.3. The van der Waals surface area contributed by atoms with E-state index in [2.05, 4.69) is 5.32 Å². The molecule has 0 aliphatic carbocycles. The highest BCUT2D eigenvalue weighted by molar-refractivity contribution is 5.93. The molecule has 0 radical (unpaired) electrons. The average molecular weight is 339 g/mol. The lowest BCUT2D eigenvalue weighted by molar-refractivity contribution is -0.148. The van der Waals surface area contributed by atoms with Gasteiger partial charge in [0.2, 0.25) is 5.91 Å². The first-order valence-electron chi connectivity index (χ1n) is 7.99. The Morgan fingerprint density at radius 3 is 2.54 bits per heavy atom. The van der Waals surface area contributed by atoms with Crippen molar-refractivity contribution in [2.45, 2.75) is 25.6 Å². The smallest absolute Gasteiger partial charge is 0.314 e. The molecule has 1 saturated heterocycles. The SMILES string of the molecule is CC(=O)n1cc([C@@H](CC(F)(F)F)N2CCNCC2)c2ccccc21. The van der Waals surface area contributed by atoms with Crippen LogP contribution in [0.25, 0.3) is 10.9 Å². The molecular weight excluding hydrogens is 319 g/mol. The number of piperazine rings is 1. The van der Waals surface area contributed by atoms with Crippen LogP contribution in [-0.2, 0) is 0 Å². The minimum Gasteiger partial charge on any atom is -0.314 e. The number of fused-ring (bicyclic) bond motifs is 1. The third-order valence-corrected chi connectivity index (χ3v) is 4.46. The molecule has 1 aliphatic heterocycles. The fourth-order valence-corrected chi connectivity index (χ4v) is 3.38. The van der Waals surface area contributed by atoms with Crippen molar-refractivity contribution in [3.8, 4) is 0 Å². The van der Waals surface area contributed by atoms with Crippen LogP contribution in [0.15, 0.2) is 30.5 Å². The number of carbonyl (C=O) groups excluding carboxylic acids is 1. The summed E-state index contributed by atoms with van der Waals surface area (Å²) in [4.78, 5) is 13.7. The molecule has 1 aliphatic rings. The van der Waals surface area contributed by atoms with Gasteiger partial charge in [-0.3, -0.25) is 14.3 Å². The highest BCUT2D eigenvalue weighted by atomic mass is 19.4. The van der Waals surface area contributed by atoms with Crippen LogP contribution in [0.5, 0.6) is 0 Å². The third kappa shape index (κ3) is 3.47. The lowest BCUT2D eigenvalue weighted by Gasteiger charge is -2.35. The van der Waals surface area contributed by atoms with Gasteiger partial charge in [0.1, 0.15) is 0 Å². The Bertz CT molecular complexity index is 732. The number of halogens is 3. The molecule has 2 heterocycles. The first kappa shape index (κ1) is 17.0. The molecule has 3 rings (SSSR count). The van der Waals surface area contributed by atoms with Gasteiger partial charge in [-0.2, -0.15) is 13.2 Å². The predicted molar refractivity (Wildman–Crippen MR) is 86.1 cm³/mol. The van der Waals surface area contributed by atoms with Crippen molar-refractivity contribution in [3.63, 3.8) is 0 Å². The van der Waals surface area contributed by atoms with Crippen molar-refractivity contribution in [1.82, 2.24) is 14.8 Å². The Morgan fingerprint density at radius 2 is 1.92 bits per heavy atom. The second-order valence-electron chi connectivity index (χ2n) is 6.11. The van der Waals surface area contributed by atoms with E-state index in [-0.39, 0.29) is 5.91 Å². The molecule has 1 N–H and O–H groups in total. The van der Waals surface area contributed by atoms with E-state index < -0.39 is 18.6 Å². The number of nitrogens with zero attached hydrogens (tertiary/aromatic N) is 2. The number of para-hydroxylation sites is 1. The van der Waals surface area contributed by atoms with Crippen LogP contribution in [0, 0.1) is 0 Å². The molecule has 0 unspecified atom stereocenters. The summed E-state index contributed by atoms with van der Waals surface area (Å²) in [5.41, 5.74) is 1.22. The van der Waals surface area contributed by atoms with Gasteiger partial charge in [-0.05, 0) is 11.6 Å². The lowest BCUT2D eigenvalue weighted by Crippen LogP contribution is -2.46. The van der Waals surface area contributed by atoms with Crippen molar-refractivity contribution in [3.05, 3.63) is 36.0 Å². The number of benzene rings is 1. The van der Waals surface area contributed by atoms with E-state index in [0.717, 1.165) is 0 Å². The lowest BCUT2D eigenvalue weighted by atomic mass is 10.00. The van der Waals surface area contributed by atoms with Gasteiger partial charge >= 0.3 is 6.18 Å². The number of nitrogens with one attached hydrogen (secondary N) is 1. The monoisotopic (exact) mass is 339 g/mol. The van der Waals surface area contributed by atoms with Crippen molar-refractivity contribution in [1.29, 1.82) is 0 Å². The summed E-state index contributed by atoms with van der Waals surface area (Å²) in [5.74, 6) is -0.205. The molecule has 0 amide bonds. The minimum absolute atomic E-state index is 0.205.